The molecule has 0 aliphatic carbocycles. The van der Waals surface area contributed by atoms with Gasteiger partial charge in [0.05, 0.1) is 4.90 Å². The van der Waals surface area contributed by atoms with E-state index in [2.05, 4.69) is 5.32 Å². The first kappa shape index (κ1) is 16.1. The van der Waals surface area contributed by atoms with Crippen LogP contribution in [0, 0.1) is 0 Å². The molecule has 9 heteroatoms. The van der Waals surface area contributed by atoms with Gasteiger partial charge in [0.2, 0.25) is 15.9 Å². The van der Waals surface area contributed by atoms with E-state index in [1.54, 1.807) is 0 Å². The summed E-state index contributed by atoms with van der Waals surface area (Å²) in [6.45, 7) is 1.30. The first-order valence-electron chi connectivity index (χ1n) is 6.36. The number of amides is 2. The van der Waals surface area contributed by atoms with E-state index in [1.807, 2.05) is 0 Å². The molecule has 1 aliphatic rings. The number of rotatable bonds is 4. The van der Waals surface area contributed by atoms with Crippen LogP contribution in [0.25, 0.3) is 0 Å². The summed E-state index contributed by atoms with van der Waals surface area (Å²) in [4.78, 5) is 22.3. The zero-order valence-electron chi connectivity index (χ0n) is 11.7. The van der Waals surface area contributed by atoms with Gasteiger partial charge in [0, 0.05) is 31.3 Å². The number of carbonyl (C=O) groups excluding carboxylic acids is 2. The molecule has 0 aromatic heterocycles. The van der Waals surface area contributed by atoms with Crippen LogP contribution in [0.15, 0.2) is 40.8 Å². The van der Waals surface area contributed by atoms with Gasteiger partial charge in [-0.2, -0.15) is 4.31 Å². The predicted molar refractivity (Wildman–Crippen MR) is 77.5 cm³/mol. The highest BCUT2D eigenvalue weighted by Crippen LogP contribution is 2.22. The summed E-state index contributed by atoms with van der Waals surface area (Å²) in [5.74, 6) is -0.974. The Morgan fingerprint density at radius 3 is 2.41 bits per heavy atom. The summed E-state index contributed by atoms with van der Waals surface area (Å²) in [7, 11) is -3.75. The van der Waals surface area contributed by atoms with Gasteiger partial charge < -0.3 is 5.32 Å². The molecule has 2 rings (SSSR count). The molecule has 3 N–H and O–H groups in total. The fourth-order valence-corrected chi connectivity index (χ4v) is 3.37. The van der Waals surface area contributed by atoms with E-state index in [0.717, 1.165) is 4.31 Å². The Bertz CT molecular complexity index is 725. The molecule has 0 fully saturated rings. The maximum Gasteiger partial charge on any atom is 0.271 e. The zero-order chi connectivity index (χ0) is 16.3. The van der Waals surface area contributed by atoms with Crippen molar-refractivity contribution in [1.82, 2.24) is 9.79 Å². The lowest BCUT2D eigenvalue weighted by Gasteiger charge is -2.16. The molecule has 2 amide bonds. The highest BCUT2D eigenvalue weighted by Gasteiger charge is 2.30. The van der Waals surface area contributed by atoms with Crippen LogP contribution in [0.3, 0.4) is 0 Å². The molecule has 0 atom stereocenters. The SMILES string of the molecule is CC(=O)Nc1ccc(S(=O)(=O)N2CC=C(C(=O)NO)C2)cc1. The van der Waals surface area contributed by atoms with Gasteiger partial charge in [-0.15, -0.1) is 0 Å². The van der Waals surface area contributed by atoms with Crippen molar-refractivity contribution in [3.8, 4) is 0 Å². The van der Waals surface area contributed by atoms with E-state index in [0.29, 0.717) is 5.69 Å². The van der Waals surface area contributed by atoms with Gasteiger partial charge in [0.1, 0.15) is 0 Å². The lowest BCUT2D eigenvalue weighted by atomic mass is 10.3. The number of hydrogen-bond donors (Lipinski definition) is 3. The molecular weight excluding hydrogens is 310 g/mol. The van der Waals surface area contributed by atoms with Gasteiger partial charge in [0.15, 0.2) is 0 Å². The average molecular weight is 325 g/mol. The summed E-state index contributed by atoms with van der Waals surface area (Å²) in [5.41, 5.74) is 2.15. The van der Waals surface area contributed by atoms with Crippen molar-refractivity contribution in [3.63, 3.8) is 0 Å². The zero-order valence-corrected chi connectivity index (χ0v) is 12.6. The molecule has 1 aliphatic heterocycles. The molecular formula is C13H15N3O5S. The molecule has 1 heterocycles. The quantitative estimate of drug-likeness (QED) is 0.535. The Kier molecular flexibility index (Phi) is 4.59. The molecule has 0 radical (unpaired) electrons. The lowest BCUT2D eigenvalue weighted by molar-refractivity contribution is -0.125. The van der Waals surface area contributed by atoms with Crippen molar-refractivity contribution < 1.29 is 23.2 Å². The maximum atomic E-state index is 12.4. The van der Waals surface area contributed by atoms with Gasteiger partial charge in [-0.3, -0.25) is 14.8 Å². The number of benzene rings is 1. The van der Waals surface area contributed by atoms with Gasteiger partial charge in [-0.1, -0.05) is 6.08 Å². The highest BCUT2D eigenvalue weighted by molar-refractivity contribution is 7.89. The molecule has 1 aromatic carbocycles. The van der Waals surface area contributed by atoms with E-state index in [4.69, 9.17) is 5.21 Å². The Morgan fingerprint density at radius 2 is 1.86 bits per heavy atom. The molecule has 1 aromatic rings. The third-order valence-electron chi connectivity index (χ3n) is 3.09. The fraction of sp³-hybridized carbons (Fsp3) is 0.231. The molecule has 22 heavy (non-hydrogen) atoms. The van der Waals surface area contributed by atoms with E-state index in [1.165, 1.54) is 42.7 Å². The number of hydroxylamine groups is 1. The predicted octanol–water partition coefficient (Wildman–Crippen LogP) is 0.0811. The maximum absolute atomic E-state index is 12.4. The number of nitrogens with zero attached hydrogens (tertiary/aromatic N) is 1. The van der Waals surface area contributed by atoms with Crippen LogP contribution in [0.5, 0.6) is 0 Å². The van der Waals surface area contributed by atoms with Crippen molar-refractivity contribution in [2.75, 3.05) is 18.4 Å². The third kappa shape index (κ3) is 3.32. The van der Waals surface area contributed by atoms with Crippen molar-refractivity contribution in [2.45, 2.75) is 11.8 Å². The second-order valence-electron chi connectivity index (χ2n) is 4.67. The minimum Gasteiger partial charge on any atom is -0.326 e. The van der Waals surface area contributed by atoms with Crippen LogP contribution in [0.2, 0.25) is 0 Å². The van der Waals surface area contributed by atoms with Crippen LogP contribution in [-0.4, -0.2) is 42.8 Å². The number of sulfonamides is 1. The van der Waals surface area contributed by atoms with Crippen LogP contribution in [-0.2, 0) is 19.6 Å². The fourth-order valence-electron chi connectivity index (χ4n) is 2.01. The Labute approximate surface area is 127 Å². The average Bonchev–Trinajstić information content (AvgIpc) is 2.97. The number of carbonyl (C=O) groups is 2. The molecule has 0 saturated carbocycles. The lowest BCUT2D eigenvalue weighted by Crippen LogP contribution is -2.31. The first-order valence-corrected chi connectivity index (χ1v) is 7.80. The van der Waals surface area contributed by atoms with Crippen LogP contribution >= 0.6 is 0 Å². The standard InChI is InChI=1S/C13H15N3O5S/c1-9(17)14-11-2-4-12(5-3-11)22(20,21)16-7-6-10(8-16)13(18)15-19/h2-6,19H,7-8H2,1H3,(H,14,17)(H,15,18). The Balaban J connectivity index is 2.15. The minimum absolute atomic E-state index is 0.0541. The van der Waals surface area contributed by atoms with Crippen molar-refractivity contribution in [3.05, 3.63) is 35.9 Å². The molecule has 0 spiro atoms. The van der Waals surface area contributed by atoms with Crippen LogP contribution < -0.4 is 10.8 Å². The Morgan fingerprint density at radius 1 is 1.23 bits per heavy atom. The van der Waals surface area contributed by atoms with E-state index in [-0.39, 0.29) is 29.5 Å². The molecule has 8 nitrogen and oxygen atoms in total. The summed E-state index contributed by atoms with van der Waals surface area (Å²) >= 11 is 0. The van der Waals surface area contributed by atoms with Crippen molar-refractivity contribution in [1.29, 1.82) is 0 Å². The van der Waals surface area contributed by atoms with Crippen molar-refractivity contribution >= 4 is 27.5 Å². The first-order chi connectivity index (χ1) is 10.3. The second-order valence-corrected chi connectivity index (χ2v) is 6.61. The summed E-state index contributed by atoms with van der Waals surface area (Å²) in [5, 5.41) is 11.1. The molecule has 0 bridgehead atoms. The van der Waals surface area contributed by atoms with E-state index in [9.17, 15) is 18.0 Å². The minimum atomic E-state index is -3.75. The summed E-state index contributed by atoms with van der Waals surface area (Å²) < 4.78 is 26.0. The van der Waals surface area contributed by atoms with E-state index < -0.39 is 15.9 Å². The van der Waals surface area contributed by atoms with E-state index >= 15 is 0 Å². The second kappa shape index (κ2) is 6.26. The van der Waals surface area contributed by atoms with Gasteiger partial charge in [-0.25, -0.2) is 13.9 Å². The van der Waals surface area contributed by atoms with Crippen molar-refractivity contribution in [2.24, 2.45) is 0 Å². The largest absolute Gasteiger partial charge is 0.326 e. The van der Waals surface area contributed by atoms with Gasteiger partial charge in [0.25, 0.3) is 5.91 Å². The summed E-state index contributed by atoms with van der Waals surface area (Å²) in [6.07, 6.45) is 1.44. The number of hydrogen-bond acceptors (Lipinski definition) is 5. The number of anilines is 1. The third-order valence-corrected chi connectivity index (χ3v) is 4.92. The summed E-state index contributed by atoms with van der Waals surface area (Å²) in [6, 6.07) is 5.73. The highest BCUT2D eigenvalue weighted by atomic mass is 32.2. The molecule has 118 valence electrons. The van der Waals surface area contributed by atoms with Crippen LogP contribution in [0.4, 0.5) is 5.69 Å². The molecule has 0 saturated heterocycles. The van der Waals surface area contributed by atoms with Crippen LogP contribution in [0.1, 0.15) is 6.92 Å². The monoisotopic (exact) mass is 325 g/mol. The topological polar surface area (TPSA) is 116 Å². The molecule has 0 unspecified atom stereocenters. The number of nitrogens with one attached hydrogen (secondary N) is 2. The smallest absolute Gasteiger partial charge is 0.271 e. The van der Waals surface area contributed by atoms with Gasteiger partial charge >= 0.3 is 0 Å². The Hall–Kier alpha value is -2.23. The van der Waals surface area contributed by atoms with Gasteiger partial charge in [-0.05, 0) is 24.3 Å². The normalized spacial score (nSPS) is 15.3.